The first-order chi connectivity index (χ1) is 9.60. The molecule has 0 aliphatic rings. The van der Waals surface area contributed by atoms with Crippen LogP contribution in [0.25, 0.3) is 5.69 Å². The van der Waals surface area contributed by atoms with Crippen LogP contribution >= 0.6 is 0 Å². The molecule has 7 nitrogen and oxygen atoms in total. The summed E-state index contributed by atoms with van der Waals surface area (Å²) in [6.07, 6.45) is 0. The van der Waals surface area contributed by atoms with Gasteiger partial charge in [-0.25, -0.2) is 0 Å². The van der Waals surface area contributed by atoms with E-state index in [1.54, 1.807) is 18.2 Å². The highest BCUT2D eigenvalue weighted by atomic mass is 16.5. The average Bonchev–Trinajstić information content (AvgIpc) is 2.46. The lowest BCUT2D eigenvalue weighted by molar-refractivity contribution is 0.354. The summed E-state index contributed by atoms with van der Waals surface area (Å²) >= 11 is 0. The molecule has 1 aromatic carbocycles. The number of aromatic nitrogens is 2. The largest absolute Gasteiger partial charge is 0.506 e. The Morgan fingerprint density at radius 1 is 1.25 bits per heavy atom. The van der Waals surface area contributed by atoms with Crippen LogP contribution in [0.1, 0.15) is 5.69 Å². The normalized spacial score (nSPS) is 10.3. The highest BCUT2D eigenvalue weighted by molar-refractivity contribution is 5.48. The minimum atomic E-state index is -0.466. The molecule has 0 radical (unpaired) electrons. The highest BCUT2D eigenvalue weighted by Crippen LogP contribution is 2.28. The van der Waals surface area contributed by atoms with Crippen molar-refractivity contribution in [3.8, 4) is 22.9 Å². The molecule has 2 aromatic rings. The first-order valence-corrected chi connectivity index (χ1v) is 5.85. The highest BCUT2D eigenvalue weighted by Gasteiger charge is 2.11. The Kier molecular flexibility index (Phi) is 3.90. The molecule has 0 spiro atoms. The third-order valence-electron chi connectivity index (χ3n) is 2.79. The number of ether oxygens (including phenoxy) is 2. The number of benzene rings is 1. The SMILES string of the molecule is COc1ccc(-n2nc(CN)c(O)cc2=O)cc1OC. The van der Waals surface area contributed by atoms with Crippen LogP contribution in [0.5, 0.6) is 17.2 Å². The first-order valence-electron chi connectivity index (χ1n) is 5.85. The Balaban J connectivity index is 2.59. The van der Waals surface area contributed by atoms with Crippen LogP contribution in [0.3, 0.4) is 0 Å². The lowest BCUT2D eigenvalue weighted by atomic mass is 10.2. The lowest BCUT2D eigenvalue weighted by Gasteiger charge is -2.11. The van der Waals surface area contributed by atoms with Crippen molar-refractivity contribution in [1.82, 2.24) is 9.78 Å². The Hall–Kier alpha value is -2.54. The summed E-state index contributed by atoms with van der Waals surface area (Å²) in [6, 6.07) is 6.01. The zero-order chi connectivity index (χ0) is 14.7. The first kappa shape index (κ1) is 13.9. The molecule has 0 saturated carbocycles. The van der Waals surface area contributed by atoms with Crippen LogP contribution in [-0.2, 0) is 6.54 Å². The van der Waals surface area contributed by atoms with E-state index in [2.05, 4.69) is 5.10 Å². The van der Waals surface area contributed by atoms with Crippen LogP contribution in [0.4, 0.5) is 0 Å². The van der Waals surface area contributed by atoms with E-state index < -0.39 is 5.56 Å². The molecule has 7 heteroatoms. The second-order valence-electron chi connectivity index (χ2n) is 3.97. The molecule has 0 saturated heterocycles. The summed E-state index contributed by atoms with van der Waals surface area (Å²) in [4.78, 5) is 11.9. The predicted octanol–water partition coefficient (Wildman–Crippen LogP) is 0.414. The Bertz CT molecular complexity index is 682. The fourth-order valence-corrected chi connectivity index (χ4v) is 1.77. The fraction of sp³-hybridized carbons (Fsp3) is 0.231. The van der Waals surface area contributed by atoms with Crippen LogP contribution in [0.2, 0.25) is 0 Å². The zero-order valence-corrected chi connectivity index (χ0v) is 11.2. The van der Waals surface area contributed by atoms with Gasteiger partial charge in [0.15, 0.2) is 11.5 Å². The van der Waals surface area contributed by atoms with Gasteiger partial charge in [-0.05, 0) is 12.1 Å². The molecule has 1 heterocycles. The summed E-state index contributed by atoms with van der Waals surface area (Å²) in [5, 5.41) is 13.6. The molecular formula is C13H15N3O4. The van der Waals surface area contributed by atoms with Crippen molar-refractivity contribution in [2.45, 2.75) is 6.54 Å². The fourth-order valence-electron chi connectivity index (χ4n) is 1.77. The van der Waals surface area contributed by atoms with Gasteiger partial charge in [-0.2, -0.15) is 9.78 Å². The van der Waals surface area contributed by atoms with Crippen LogP contribution in [-0.4, -0.2) is 29.1 Å². The van der Waals surface area contributed by atoms with Gasteiger partial charge < -0.3 is 20.3 Å². The van der Waals surface area contributed by atoms with Gasteiger partial charge in [-0.1, -0.05) is 0 Å². The van der Waals surface area contributed by atoms with Crippen molar-refractivity contribution in [3.63, 3.8) is 0 Å². The molecule has 106 valence electrons. The molecule has 0 aliphatic carbocycles. The number of rotatable bonds is 4. The number of nitrogens with zero attached hydrogens (tertiary/aromatic N) is 2. The molecule has 2 rings (SSSR count). The number of nitrogens with two attached hydrogens (primary N) is 1. The van der Waals surface area contributed by atoms with Crippen molar-refractivity contribution in [2.24, 2.45) is 5.73 Å². The van der Waals surface area contributed by atoms with E-state index in [1.807, 2.05) is 0 Å². The predicted molar refractivity (Wildman–Crippen MR) is 72.5 cm³/mol. The smallest absolute Gasteiger partial charge is 0.275 e. The molecule has 0 amide bonds. The Morgan fingerprint density at radius 3 is 2.55 bits per heavy atom. The molecule has 20 heavy (non-hydrogen) atoms. The summed E-state index contributed by atoms with van der Waals surface area (Å²) < 4.78 is 11.4. The van der Waals surface area contributed by atoms with Crippen molar-refractivity contribution in [3.05, 3.63) is 40.3 Å². The van der Waals surface area contributed by atoms with Crippen LogP contribution < -0.4 is 20.8 Å². The van der Waals surface area contributed by atoms with Gasteiger partial charge in [0.2, 0.25) is 0 Å². The van der Waals surface area contributed by atoms with Crippen LogP contribution in [0, 0.1) is 0 Å². The quantitative estimate of drug-likeness (QED) is 0.840. The summed E-state index contributed by atoms with van der Waals surface area (Å²) in [7, 11) is 3.02. The van der Waals surface area contributed by atoms with Crippen molar-refractivity contribution >= 4 is 0 Å². The second-order valence-corrected chi connectivity index (χ2v) is 3.97. The lowest BCUT2D eigenvalue weighted by Crippen LogP contribution is -2.22. The van der Waals surface area contributed by atoms with E-state index in [9.17, 15) is 9.90 Å². The minimum absolute atomic E-state index is 0.0272. The number of hydrogen-bond acceptors (Lipinski definition) is 6. The van der Waals surface area contributed by atoms with E-state index >= 15 is 0 Å². The molecule has 0 fully saturated rings. The van der Waals surface area contributed by atoms with Gasteiger partial charge in [-0.15, -0.1) is 0 Å². The zero-order valence-electron chi connectivity index (χ0n) is 11.2. The van der Waals surface area contributed by atoms with Gasteiger partial charge >= 0.3 is 0 Å². The van der Waals surface area contributed by atoms with Gasteiger partial charge in [0.05, 0.1) is 19.9 Å². The van der Waals surface area contributed by atoms with E-state index in [1.165, 1.54) is 14.2 Å². The van der Waals surface area contributed by atoms with E-state index in [-0.39, 0.29) is 18.0 Å². The molecular weight excluding hydrogens is 262 g/mol. The van der Waals surface area contributed by atoms with E-state index in [4.69, 9.17) is 15.2 Å². The molecule has 1 aromatic heterocycles. The van der Waals surface area contributed by atoms with E-state index in [0.717, 1.165) is 10.7 Å². The number of hydrogen-bond donors (Lipinski definition) is 2. The van der Waals surface area contributed by atoms with Crippen LogP contribution in [0.15, 0.2) is 29.1 Å². The molecule has 0 unspecified atom stereocenters. The molecule has 0 bridgehead atoms. The molecule has 0 aliphatic heterocycles. The standard InChI is InChI=1S/C13H15N3O4/c1-19-11-4-3-8(5-12(11)20-2)16-13(18)6-10(17)9(7-14)15-16/h3-6,17H,7,14H2,1-2H3. The number of methoxy groups -OCH3 is 2. The van der Waals surface area contributed by atoms with Gasteiger partial charge in [0.1, 0.15) is 11.4 Å². The molecule has 0 atom stereocenters. The van der Waals surface area contributed by atoms with Gasteiger partial charge in [-0.3, -0.25) is 4.79 Å². The average molecular weight is 277 g/mol. The summed E-state index contributed by atoms with van der Waals surface area (Å²) in [5.41, 5.74) is 5.72. The Labute approximate surface area is 115 Å². The second kappa shape index (κ2) is 5.62. The summed E-state index contributed by atoms with van der Waals surface area (Å²) in [5.74, 6) is 0.803. The third kappa shape index (κ3) is 2.43. The monoisotopic (exact) mass is 277 g/mol. The Morgan fingerprint density at radius 2 is 1.95 bits per heavy atom. The third-order valence-corrected chi connectivity index (χ3v) is 2.79. The van der Waals surface area contributed by atoms with Crippen molar-refractivity contribution < 1.29 is 14.6 Å². The van der Waals surface area contributed by atoms with Gasteiger partial charge in [0.25, 0.3) is 5.56 Å². The van der Waals surface area contributed by atoms with Gasteiger partial charge in [0, 0.05) is 18.7 Å². The van der Waals surface area contributed by atoms with E-state index in [0.29, 0.717) is 17.2 Å². The van der Waals surface area contributed by atoms with Crippen molar-refractivity contribution in [1.29, 1.82) is 0 Å². The van der Waals surface area contributed by atoms with Crippen molar-refractivity contribution in [2.75, 3.05) is 14.2 Å². The molecule has 3 N–H and O–H groups in total. The number of aromatic hydroxyl groups is 1. The maximum atomic E-state index is 11.9. The summed E-state index contributed by atoms with van der Waals surface area (Å²) in [6.45, 7) is 0.0272. The maximum Gasteiger partial charge on any atom is 0.275 e. The minimum Gasteiger partial charge on any atom is -0.506 e. The maximum absolute atomic E-state index is 11.9. The topological polar surface area (TPSA) is 99.6 Å².